The van der Waals surface area contributed by atoms with Gasteiger partial charge in [-0.2, -0.15) is 5.10 Å². The molecular weight excluding hydrogens is 424 g/mol. The maximum absolute atomic E-state index is 5.65. The molecule has 2 aliphatic heterocycles. The molecule has 1 saturated heterocycles. The van der Waals surface area contributed by atoms with Crippen LogP contribution in [0, 0.1) is 12.8 Å². The number of fused-ring (bicyclic) bond motifs is 1. The fraction of sp³-hybridized carbons (Fsp3) is 0.519. The number of hydrogen-bond acceptors (Lipinski definition) is 5. The first-order valence-electron chi connectivity index (χ1n) is 12.6. The van der Waals surface area contributed by atoms with Gasteiger partial charge in [-0.05, 0) is 89.2 Å². The number of piperidine rings is 1. The van der Waals surface area contributed by atoms with E-state index in [4.69, 9.17) is 14.8 Å². The first-order valence-corrected chi connectivity index (χ1v) is 12.6. The smallest absolute Gasteiger partial charge is 0.174 e. The lowest BCUT2D eigenvalue weighted by atomic mass is 9.79. The summed E-state index contributed by atoms with van der Waals surface area (Å²) in [4.78, 5) is 11.9. The average Bonchev–Trinajstić information content (AvgIpc) is 3.48. The number of likely N-dealkylation sites (tertiary alicyclic amines) is 1. The molecule has 7 nitrogen and oxygen atoms in total. The van der Waals surface area contributed by atoms with Crippen molar-refractivity contribution in [3.05, 3.63) is 53.6 Å². The van der Waals surface area contributed by atoms with Crippen molar-refractivity contribution in [2.45, 2.75) is 65.0 Å². The van der Waals surface area contributed by atoms with E-state index in [-0.39, 0.29) is 0 Å². The lowest BCUT2D eigenvalue weighted by Gasteiger charge is -2.38. The number of aromatic nitrogens is 5. The van der Waals surface area contributed by atoms with Gasteiger partial charge in [0.25, 0.3) is 0 Å². The number of methoxy groups -OCH3 is 1. The molecule has 0 spiro atoms. The van der Waals surface area contributed by atoms with E-state index < -0.39 is 0 Å². The Bertz CT molecular complexity index is 1150. The second kappa shape index (κ2) is 9.74. The zero-order valence-electron chi connectivity index (χ0n) is 20.8. The van der Waals surface area contributed by atoms with E-state index in [9.17, 15) is 0 Å². The topological polar surface area (TPSA) is 61.0 Å². The Hall–Kier alpha value is -2.93. The van der Waals surface area contributed by atoms with E-state index in [2.05, 4.69) is 46.6 Å². The number of aryl methyl sites for hydroxylation is 2. The molecule has 0 aliphatic carbocycles. The van der Waals surface area contributed by atoms with Gasteiger partial charge in [0.1, 0.15) is 11.6 Å². The summed E-state index contributed by atoms with van der Waals surface area (Å²) in [5.74, 6) is 4.06. The van der Waals surface area contributed by atoms with Gasteiger partial charge < -0.3 is 14.2 Å². The van der Waals surface area contributed by atoms with Gasteiger partial charge >= 0.3 is 0 Å². The van der Waals surface area contributed by atoms with Crippen LogP contribution in [0.15, 0.2) is 30.7 Å². The van der Waals surface area contributed by atoms with Gasteiger partial charge in [0.05, 0.1) is 24.8 Å². The van der Waals surface area contributed by atoms with Gasteiger partial charge in [0, 0.05) is 24.7 Å². The molecule has 0 radical (unpaired) electrons. The van der Waals surface area contributed by atoms with E-state index in [0.29, 0.717) is 12.0 Å². The molecule has 5 rings (SSSR count). The highest BCUT2D eigenvalue weighted by Gasteiger charge is 2.33. The van der Waals surface area contributed by atoms with Crippen LogP contribution in [-0.2, 0) is 6.54 Å². The van der Waals surface area contributed by atoms with Crippen LogP contribution in [0.1, 0.15) is 68.4 Å². The molecule has 2 aliphatic rings. The molecule has 0 unspecified atom stereocenters. The van der Waals surface area contributed by atoms with Crippen molar-refractivity contribution in [2.75, 3.05) is 20.2 Å². The quantitative estimate of drug-likeness (QED) is 0.521. The molecule has 0 N–H and O–H groups in total. The summed E-state index contributed by atoms with van der Waals surface area (Å²) in [6, 6.07) is 6.84. The Morgan fingerprint density at radius 3 is 2.62 bits per heavy atom. The molecule has 3 aromatic rings. The lowest BCUT2D eigenvalue weighted by molar-refractivity contribution is 0.128. The molecule has 2 aromatic heterocycles. The fourth-order valence-electron chi connectivity index (χ4n) is 5.49. The molecule has 0 saturated carbocycles. The van der Waals surface area contributed by atoms with Gasteiger partial charge in [-0.1, -0.05) is 12.1 Å². The van der Waals surface area contributed by atoms with Crippen LogP contribution in [0.5, 0.6) is 5.75 Å². The van der Waals surface area contributed by atoms with Crippen molar-refractivity contribution in [3.8, 4) is 11.4 Å². The highest BCUT2D eigenvalue weighted by Crippen LogP contribution is 2.38. The molecule has 0 amide bonds. The number of rotatable bonds is 6. The van der Waals surface area contributed by atoms with Gasteiger partial charge in [-0.3, -0.25) is 0 Å². The number of imidazole rings is 1. The molecule has 1 atom stereocenters. The Morgan fingerprint density at radius 1 is 1.09 bits per heavy atom. The largest absolute Gasteiger partial charge is 0.495 e. The Labute approximate surface area is 202 Å². The Morgan fingerprint density at radius 2 is 1.91 bits per heavy atom. The van der Waals surface area contributed by atoms with Crippen LogP contribution >= 0.6 is 0 Å². The molecule has 1 aromatic carbocycles. The van der Waals surface area contributed by atoms with Crippen molar-refractivity contribution in [1.29, 1.82) is 0 Å². The minimum Gasteiger partial charge on any atom is -0.495 e. The molecule has 4 heterocycles. The van der Waals surface area contributed by atoms with Gasteiger partial charge in [-0.25, -0.2) is 14.6 Å². The first-order chi connectivity index (χ1) is 16.5. The molecule has 34 heavy (non-hydrogen) atoms. The van der Waals surface area contributed by atoms with Crippen LogP contribution in [0.4, 0.5) is 0 Å². The highest BCUT2D eigenvalue weighted by molar-refractivity contribution is 5.69. The summed E-state index contributed by atoms with van der Waals surface area (Å²) in [7, 11) is 1.70. The van der Waals surface area contributed by atoms with Crippen molar-refractivity contribution >= 4 is 12.2 Å². The number of nitrogens with zero attached hydrogens (tertiary/aromatic N) is 6. The molecular formula is C27H36N6O. The third-order valence-electron chi connectivity index (χ3n) is 7.43. The predicted octanol–water partition coefficient (Wildman–Crippen LogP) is 4.95. The van der Waals surface area contributed by atoms with Crippen molar-refractivity contribution in [2.24, 2.45) is 5.92 Å². The van der Waals surface area contributed by atoms with Crippen LogP contribution < -0.4 is 4.74 Å². The highest BCUT2D eigenvalue weighted by atomic mass is 16.5. The monoisotopic (exact) mass is 460 g/mol. The third-order valence-corrected chi connectivity index (χ3v) is 7.43. The second-order valence-corrected chi connectivity index (χ2v) is 9.95. The zero-order chi connectivity index (χ0) is 23.7. The zero-order valence-corrected chi connectivity index (χ0v) is 20.8. The van der Waals surface area contributed by atoms with E-state index in [1.807, 2.05) is 36.2 Å². The Kier molecular flexibility index (Phi) is 6.55. The summed E-state index contributed by atoms with van der Waals surface area (Å²) in [5, 5.41) is 4.83. The van der Waals surface area contributed by atoms with Crippen LogP contribution in [0.2, 0.25) is 0 Å². The van der Waals surface area contributed by atoms with E-state index in [1.54, 1.807) is 7.11 Å². The number of ether oxygens (including phenoxy) is 1. The summed E-state index contributed by atoms with van der Waals surface area (Å²) in [6.07, 6.45) is 12.9. The third kappa shape index (κ3) is 4.67. The normalized spacial score (nSPS) is 19.7. The van der Waals surface area contributed by atoms with E-state index >= 15 is 0 Å². The summed E-state index contributed by atoms with van der Waals surface area (Å²) < 4.78 is 9.80. The summed E-state index contributed by atoms with van der Waals surface area (Å²) in [6.45, 7) is 9.98. The number of hydrogen-bond donors (Lipinski definition) is 0. The minimum atomic E-state index is 0.538. The summed E-state index contributed by atoms with van der Waals surface area (Å²) >= 11 is 0. The summed E-state index contributed by atoms with van der Waals surface area (Å²) in [5.41, 5.74) is 3.01. The van der Waals surface area contributed by atoms with E-state index in [1.165, 1.54) is 44.6 Å². The maximum atomic E-state index is 5.65. The SMILES string of the molecule is COc1cc(/C=C/c2nc3n(n2)CCC[C@H]3C2CCN(C(C)C)CC2)ccc1-n1cnc(C)c1. The number of benzene rings is 1. The van der Waals surface area contributed by atoms with E-state index in [0.717, 1.165) is 41.0 Å². The van der Waals surface area contributed by atoms with Crippen molar-refractivity contribution in [3.63, 3.8) is 0 Å². The molecule has 1 fully saturated rings. The second-order valence-electron chi connectivity index (χ2n) is 9.95. The minimum absolute atomic E-state index is 0.538. The molecule has 7 heteroatoms. The molecule has 0 bridgehead atoms. The predicted molar refractivity (Wildman–Crippen MR) is 135 cm³/mol. The first kappa shape index (κ1) is 22.8. The lowest BCUT2D eigenvalue weighted by Crippen LogP contribution is -2.40. The van der Waals surface area contributed by atoms with Crippen LogP contribution in [-0.4, -0.2) is 55.5 Å². The van der Waals surface area contributed by atoms with Crippen LogP contribution in [0.25, 0.3) is 17.8 Å². The standard InChI is InChI=1S/C27H36N6O/c1-19(2)31-14-11-22(12-15-31)23-6-5-13-33-27(23)29-26(30-33)10-8-21-7-9-24(25(16-21)34-4)32-17-20(3)28-18-32/h7-10,16-19,22-23H,5-6,11-15H2,1-4H3/b10-8+/t23-/m0/s1. The van der Waals surface area contributed by atoms with Crippen molar-refractivity contribution in [1.82, 2.24) is 29.2 Å². The Balaban J connectivity index is 1.32. The van der Waals surface area contributed by atoms with Crippen LogP contribution in [0.3, 0.4) is 0 Å². The fourth-order valence-corrected chi connectivity index (χ4v) is 5.49. The van der Waals surface area contributed by atoms with Gasteiger partial charge in [0.15, 0.2) is 5.82 Å². The van der Waals surface area contributed by atoms with Gasteiger partial charge in [0.2, 0.25) is 0 Å². The average molecular weight is 461 g/mol. The maximum Gasteiger partial charge on any atom is 0.174 e. The molecule has 180 valence electrons. The van der Waals surface area contributed by atoms with Crippen molar-refractivity contribution < 1.29 is 4.74 Å². The van der Waals surface area contributed by atoms with Gasteiger partial charge in [-0.15, -0.1) is 0 Å².